The van der Waals surface area contributed by atoms with Gasteiger partial charge in [0.2, 0.25) is 0 Å². The van der Waals surface area contributed by atoms with Gasteiger partial charge in [0, 0.05) is 24.5 Å². The van der Waals surface area contributed by atoms with Crippen LogP contribution in [0.25, 0.3) is 0 Å². The molecule has 76 valence electrons. The Morgan fingerprint density at radius 3 is 2.79 bits per heavy atom. The molecule has 1 atom stereocenters. The second kappa shape index (κ2) is 3.52. The van der Waals surface area contributed by atoms with E-state index in [2.05, 4.69) is 30.0 Å². The van der Waals surface area contributed by atoms with Gasteiger partial charge in [-0.1, -0.05) is 13.0 Å². The van der Waals surface area contributed by atoms with Gasteiger partial charge < -0.3 is 10.6 Å². The summed E-state index contributed by atoms with van der Waals surface area (Å²) in [7, 11) is 0. The molecule has 0 spiro atoms. The van der Waals surface area contributed by atoms with Crippen molar-refractivity contribution in [3.8, 4) is 0 Å². The summed E-state index contributed by atoms with van der Waals surface area (Å²) in [5.74, 6) is 0.817. The Balaban J connectivity index is 2.20. The predicted octanol–water partition coefficient (Wildman–Crippen LogP) is 2.42. The van der Waals surface area contributed by atoms with Crippen molar-refractivity contribution >= 4 is 11.4 Å². The van der Waals surface area contributed by atoms with E-state index < -0.39 is 0 Å². The highest BCUT2D eigenvalue weighted by Gasteiger charge is 2.18. The lowest BCUT2D eigenvalue weighted by Crippen LogP contribution is -2.19. The number of hydrogen-bond donors (Lipinski definition) is 1. The van der Waals surface area contributed by atoms with E-state index in [1.54, 1.807) is 0 Å². The van der Waals surface area contributed by atoms with Crippen molar-refractivity contribution in [2.24, 2.45) is 5.92 Å². The summed E-state index contributed by atoms with van der Waals surface area (Å²) in [6.07, 6.45) is 1.30. The Morgan fingerprint density at radius 2 is 2.21 bits per heavy atom. The summed E-state index contributed by atoms with van der Waals surface area (Å²) >= 11 is 0. The first-order valence-corrected chi connectivity index (χ1v) is 5.28. The Hall–Kier alpha value is -1.18. The number of rotatable bonds is 1. The van der Waals surface area contributed by atoms with E-state index >= 15 is 0 Å². The van der Waals surface area contributed by atoms with Crippen LogP contribution in [0.5, 0.6) is 0 Å². The first kappa shape index (κ1) is 9.38. The van der Waals surface area contributed by atoms with Crippen LogP contribution in [-0.2, 0) is 0 Å². The molecule has 14 heavy (non-hydrogen) atoms. The number of nitrogens with zero attached hydrogens (tertiary/aromatic N) is 1. The molecule has 1 aromatic rings. The molecule has 1 aromatic carbocycles. The van der Waals surface area contributed by atoms with Crippen molar-refractivity contribution in [2.75, 3.05) is 23.7 Å². The SMILES string of the molecule is Cc1ccc(N2CCC(C)C2)cc1N. The van der Waals surface area contributed by atoms with Gasteiger partial charge in [-0.25, -0.2) is 0 Å². The van der Waals surface area contributed by atoms with Gasteiger partial charge in [0.05, 0.1) is 0 Å². The number of anilines is 2. The normalized spacial score (nSPS) is 21.6. The highest BCUT2D eigenvalue weighted by molar-refractivity contribution is 5.60. The highest BCUT2D eigenvalue weighted by atomic mass is 15.1. The zero-order chi connectivity index (χ0) is 10.1. The maximum Gasteiger partial charge on any atom is 0.0387 e. The summed E-state index contributed by atoms with van der Waals surface area (Å²) in [5.41, 5.74) is 9.24. The van der Waals surface area contributed by atoms with Crippen LogP contribution in [0, 0.1) is 12.8 Å². The fourth-order valence-corrected chi connectivity index (χ4v) is 1.99. The first-order valence-electron chi connectivity index (χ1n) is 5.28. The molecule has 0 bridgehead atoms. The molecule has 1 unspecified atom stereocenters. The van der Waals surface area contributed by atoms with Gasteiger partial charge in [0.15, 0.2) is 0 Å². The van der Waals surface area contributed by atoms with E-state index in [0.717, 1.165) is 11.6 Å². The van der Waals surface area contributed by atoms with Crippen molar-refractivity contribution < 1.29 is 0 Å². The average molecular weight is 190 g/mol. The molecule has 2 rings (SSSR count). The predicted molar refractivity (Wildman–Crippen MR) is 61.6 cm³/mol. The van der Waals surface area contributed by atoms with E-state index in [0.29, 0.717) is 0 Å². The summed E-state index contributed by atoms with van der Waals surface area (Å²) in [6.45, 7) is 6.69. The third kappa shape index (κ3) is 1.69. The van der Waals surface area contributed by atoms with Crippen LogP contribution in [0.15, 0.2) is 18.2 Å². The summed E-state index contributed by atoms with van der Waals surface area (Å²) in [4.78, 5) is 2.42. The van der Waals surface area contributed by atoms with Crippen LogP contribution in [0.1, 0.15) is 18.9 Å². The number of nitrogen functional groups attached to an aromatic ring is 1. The molecule has 0 aromatic heterocycles. The van der Waals surface area contributed by atoms with E-state index in [9.17, 15) is 0 Å². The zero-order valence-corrected chi connectivity index (χ0v) is 8.96. The fourth-order valence-electron chi connectivity index (χ4n) is 1.99. The van der Waals surface area contributed by atoms with Crippen LogP contribution in [0.4, 0.5) is 11.4 Å². The van der Waals surface area contributed by atoms with E-state index in [1.165, 1.54) is 30.8 Å². The third-order valence-corrected chi connectivity index (χ3v) is 3.05. The molecule has 1 aliphatic heterocycles. The van der Waals surface area contributed by atoms with E-state index in [4.69, 9.17) is 5.73 Å². The molecule has 0 saturated carbocycles. The Morgan fingerprint density at radius 1 is 1.43 bits per heavy atom. The molecule has 2 N–H and O–H groups in total. The average Bonchev–Trinajstić information content (AvgIpc) is 2.57. The van der Waals surface area contributed by atoms with Gasteiger partial charge in [-0.2, -0.15) is 0 Å². The maximum absolute atomic E-state index is 5.90. The van der Waals surface area contributed by atoms with Gasteiger partial charge in [-0.05, 0) is 37.0 Å². The van der Waals surface area contributed by atoms with Crippen LogP contribution in [0.2, 0.25) is 0 Å². The molecule has 1 saturated heterocycles. The van der Waals surface area contributed by atoms with Crippen molar-refractivity contribution in [3.05, 3.63) is 23.8 Å². The minimum Gasteiger partial charge on any atom is -0.398 e. The first-order chi connectivity index (χ1) is 6.66. The zero-order valence-electron chi connectivity index (χ0n) is 8.96. The fraction of sp³-hybridized carbons (Fsp3) is 0.500. The molecule has 2 nitrogen and oxygen atoms in total. The van der Waals surface area contributed by atoms with Crippen molar-refractivity contribution in [2.45, 2.75) is 20.3 Å². The molecular weight excluding hydrogens is 172 g/mol. The second-order valence-electron chi connectivity index (χ2n) is 4.38. The quantitative estimate of drug-likeness (QED) is 0.689. The Kier molecular flexibility index (Phi) is 2.36. The summed E-state index contributed by atoms with van der Waals surface area (Å²) < 4.78 is 0. The molecule has 1 heterocycles. The monoisotopic (exact) mass is 190 g/mol. The maximum atomic E-state index is 5.90. The summed E-state index contributed by atoms with van der Waals surface area (Å²) in [5, 5.41) is 0. The molecule has 2 heteroatoms. The summed E-state index contributed by atoms with van der Waals surface area (Å²) in [6, 6.07) is 6.37. The van der Waals surface area contributed by atoms with Gasteiger partial charge >= 0.3 is 0 Å². The lowest BCUT2D eigenvalue weighted by atomic mass is 10.1. The molecule has 1 fully saturated rings. The number of aryl methyl sites for hydroxylation is 1. The molecule has 1 aliphatic rings. The van der Waals surface area contributed by atoms with Crippen molar-refractivity contribution in [3.63, 3.8) is 0 Å². The van der Waals surface area contributed by atoms with Crippen molar-refractivity contribution in [1.82, 2.24) is 0 Å². The lowest BCUT2D eigenvalue weighted by Gasteiger charge is -2.19. The van der Waals surface area contributed by atoms with Gasteiger partial charge in [-0.15, -0.1) is 0 Å². The Bertz CT molecular complexity index is 333. The van der Waals surface area contributed by atoms with E-state index in [-0.39, 0.29) is 0 Å². The van der Waals surface area contributed by atoms with Gasteiger partial charge in [0.1, 0.15) is 0 Å². The van der Waals surface area contributed by atoms with Crippen LogP contribution < -0.4 is 10.6 Å². The van der Waals surface area contributed by atoms with Crippen LogP contribution in [-0.4, -0.2) is 13.1 Å². The Labute approximate surface area is 85.7 Å². The van der Waals surface area contributed by atoms with E-state index in [1.807, 2.05) is 6.92 Å². The topological polar surface area (TPSA) is 29.3 Å². The molecular formula is C12H18N2. The number of nitrogens with two attached hydrogens (primary N) is 1. The van der Waals surface area contributed by atoms with Gasteiger partial charge in [-0.3, -0.25) is 0 Å². The molecule has 0 amide bonds. The minimum atomic E-state index is 0.817. The lowest BCUT2D eigenvalue weighted by molar-refractivity contribution is 0.659. The minimum absolute atomic E-state index is 0.817. The number of benzene rings is 1. The smallest absolute Gasteiger partial charge is 0.0387 e. The number of hydrogen-bond acceptors (Lipinski definition) is 2. The largest absolute Gasteiger partial charge is 0.398 e. The van der Waals surface area contributed by atoms with Crippen LogP contribution in [0.3, 0.4) is 0 Å². The molecule has 0 radical (unpaired) electrons. The molecule has 0 aliphatic carbocycles. The van der Waals surface area contributed by atoms with Crippen molar-refractivity contribution in [1.29, 1.82) is 0 Å². The van der Waals surface area contributed by atoms with Gasteiger partial charge in [0.25, 0.3) is 0 Å². The standard InChI is InChI=1S/C12H18N2/c1-9-5-6-14(8-9)11-4-3-10(2)12(13)7-11/h3-4,7,9H,5-6,8,13H2,1-2H3. The highest BCUT2D eigenvalue weighted by Crippen LogP contribution is 2.26. The third-order valence-electron chi connectivity index (χ3n) is 3.05. The van der Waals surface area contributed by atoms with Crippen LogP contribution >= 0.6 is 0 Å². The second-order valence-corrected chi connectivity index (χ2v) is 4.38.